The van der Waals surface area contributed by atoms with Crippen molar-refractivity contribution in [1.82, 2.24) is 0 Å². The Labute approximate surface area is 94.1 Å². The molecule has 0 N–H and O–H groups in total. The lowest BCUT2D eigenvalue weighted by Crippen LogP contribution is -2.12. The molecule has 0 atom stereocenters. The molecule has 0 aliphatic heterocycles. The lowest BCUT2D eigenvalue weighted by atomic mass is 9.96. The summed E-state index contributed by atoms with van der Waals surface area (Å²) in [5, 5.41) is 0. The molecular formula is C13H10OS. The van der Waals surface area contributed by atoms with Crippen molar-refractivity contribution in [1.29, 1.82) is 0 Å². The van der Waals surface area contributed by atoms with Crippen LogP contribution in [-0.4, -0.2) is 10.6 Å². The summed E-state index contributed by atoms with van der Waals surface area (Å²) >= 11 is 5.16. The van der Waals surface area contributed by atoms with Gasteiger partial charge in [-0.1, -0.05) is 60.8 Å². The van der Waals surface area contributed by atoms with Gasteiger partial charge in [-0.3, -0.25) is 4.79 Å². The molecule has 2 heteroatoms. The van der Waals surface area contributed by atoms with Gasteiger partial charge in [0.1, 0.15) is 0 Å². The van der Waals surface area contributed by atoms with Crippen LogP contribution in [0.25, 0.3) is 0 Å². The fourth-order valence-electron chi connectivity index (χ4n) is 1.49. The number of carbonyl (C=O) groups is 1. The van der Waals surface area contributed by atoms with E-state index in [1.807, 2.05) is 42.5 Å². The highest BCUT2D eigenvalue weighted by atomic mass is 32.1. The number of ketones is 1. The average molecular weight is 214 g/mol. The second-order valence-electron chi connectivity index (χ2n) is 3.33. The maximum absolute atomic E-state index is 12.0. The Hall–Kier alpha value is -1.54. The predicted molar refractivity (Wildman–Crippen MR) is 65.2 cm³/mol. The largest absolute Gasteiger partial charge is 0.289 e. The molecule has 0 saturated heterocycles. The molecule has 0 fully saturated rings. The second kappa shape index (κ2) is 4.32. The summed E-state index contributed by atoms with van der Waals surface area (Å²) in [6.45, 7) is 0. The molecule has 1 aliphatic carbocycles. The van der Waals surface area contributed by atoms with Crippen LogP contribution in [0.3, 0.4) is 0 Å². The molecule has 1 aliphatic rings. The molecule has 0 heterocycles. The topological polar surface area (TPSA) is 17.1 Å². The van der Waals surface area contributed by atoms with Crippen molar-refractivity contribution >= 4 is 22.9 Å². The molecule has 0 aromatic heterocycles. The first-order chi connectivity index (χ1) is 7.29. The van der Waals surface area contributed by atoms with Crippen molar-refractivity contribution in [2.24, 2.45) is 0 Å². The summed E-state index contributed by atoms with van der Waals surface area (Å²) in [6.07, 6.45) is 6.33. The van der Waals surface area contributed by atoms with Crippen LogP contribution in [0.15, 0.2) is 54.1 Å². The molecule has 0 radical (unpaired) electrons. The molecule has 0 saturated carbocycles. The molecule has 0 bridgehead atoms. The SMILES string of the molecule is O=C(C1=CC=CCC1=S)c1ccccc1. The van der Waals surface area contributed by atoms with E-state index in [4.69, 9.17) is 12.2 Å². The van der Waals surface area contributed by atoms with Crippen LogP contribution >= 0.6 is 12.2 Å². The zero-order valence-electron chi connectivity index (χ0n) is 8.14. The highest BCUT2D eigenvalue weighted by Gasteiger charge is 2.16. The fraction of sp³-hybridized carbons (Fsp3) is 0.0769. The molecule has 15 heavy (non-hydrogen) atoms. The summed E-state index contributed by atoms with van der Waals surface area (Å²) in [5.74, 6) is 0.0185. The first-order valence-electron chi connectivity index (χ1n) is 4.79. The van der Waals surface area contributed by atoms with Crippen LogP contribution in [-0.2, 0) is 0 Å². The Kier molecular flexibility index (Phi) is 2.88. The molecule has 0 spiro atoms. The van der Waals surface area contributed by atoms with Crippen LogP contribution in [0.4, 0.5) is 0 Å². The Morgan fingerprint density at radius 3 is 2.60 bits per heavy atom. The van der Waals surface area contributed by atoms with Gasteiger partial charge in [-0.2, -0.15) is 0 Å². The van der Waals surface area contributed by atoms with Gasteiger partial charge in [0, 0.05) is 22.4 Å². The quantitative estimate of drug-likeness (QED) is 0.555. The summed E-state index contributed by atoms with van der Waals surface area (Å²) in [5.41, 5.74) is 1.35. The molecule has 1 nitrogen and oxygen atoms in total. The van der Waals surface area contributed by atoms with Gasteiger partial charge in [-0.25, -0.2) is 0 Å². The van der Waals surface area contributed by atoms with Gasteiger partial charge >= 0.3 is 0 Å². The number of allylic oxidation sites excluding steroid dienone is 4. The molecule has 1 aromatic rings. The lowest BCUT2D eigenvalue weighted by Gasteiger charge is -2.09. The van der Waals surface area contributed by atoms with Crippen LogP contribution in [0.2, 0.25) is 0 Å². The van der Waals surface area contributed by atoms with E-state index in [1.54, 1.807) is 6.08 Å². The van der Waals surface area contributed by atoms with E-state index in [0.717, 1.165) is 4.86 Å². The second-order valence-corrected chi connectivity index (χ2v) is 3.82. The molecule has 0 amide bonds. The van der Waals surface area contributed by atoms with Gasteiger partial charge < -0.3 is 0 Å². The van der Waals surface area contributed by atoms with Crippen molar-refractivity contribution in [3.63, 3.8) is 0 Å². The third-order valence-electron chi connectivity index (χ3n) is 2.28. The summed E-state index contributed by atoms with van der Waals surface area (Å²) in [4.78, 5) is 12.7. The van der Waals surface area contributed by atoms with E-state index in [-0.39, 0.29) is 5.78 Å². The lowest BCUT2D eigenvalue weighted by molar-refractivity contribution is 0.104. The van der Waals surface area contributed by atoms with Crippen molar-refractivity contribution in [2.45, 2.75) is 6.42 Å². The maximum atomic E-state index is 12.0. The summed E-state index contributed by atoms with van der Waals surface area (Å²) in [7, 11) is 0. The molecule has 74 valence electrons. The summed E-state index contributed by atoms with van der Waals surface area (Å²) < 4.78 is 0. The molecule has 0 unspecified atom stereocenters. The van der Waals surface area contributed by atoms with Gasteiger partial charge in [0.05, 0.1) is 0 Å². The third kappa shape index (κ3) is 2.10. The van der Waals surface area contributed by atoms with E-state index in [9.17, 15) is 4.79 Å². The van der Waals surface area contributed by atoms with Crippen molar-refractivity contribution in [3.05, 3.63) is 59.7 Å². The van der Waals surface area contributed by atoms with Crippen molar-refractivity contribution in [2.75, 3.05) is 0 Å². The van der Waals surface area contributed by atoms with Crippen LogP contribution in [0.1, 0.15) is 16.8 Å². The fourth-order valence-corrected chi connectivity index (χ4v) is 1.75. The van der Waals surface area contributed by atoms with Gasteiger partial charge in [0.25, 0.3) is 0 Å². The minimum absolute atomic E-state index is 0.0185. The maximum Gasteiger partial charge on any atom is 0.194 e. The summed E-state index contributed by atoms with van der Waals surface area (Å²) in [6, 6.07) is 9.23. The minimum Gasteiger partial charge on any atom is -0.289 e. The smallest absolute Gasteiger partial charge is 0.194 e. The number of hydrogen-bond acceptors (Lipinski definition) is 2. The van der Waals surface area contributed by atoms with Gasteiger partial charge in [-0.15, -0.1) is 0 Å². The number of thiocarbonyl (C=S) groups is 1. The Bertz CT molecular complexity index is 455. The van der Waals surface area contributed by atoms with Gasteiger partial charge in [0.15, 0.2) is 5.78 Å². The number of hydrogen-bond donors (Lipinski definition) is 0. The van der Waals surface area contributed by atoms with E-state index in [2.05, 4.69) is 0 Å². The third-order valence-corrected chi connectivity index (χ3v) is 2.67. The van der Waals surface area contributed by atoms with E-state index in [0.29, 0.717) is 17.6 Å². The monoisotopic (exact) mass is 214 g/mol. The minimum atomic E-state index is 0.0185. The molecule has 2 rings (SSSR count). The van der Waals surface area contributed by atoms with Crippen LogP contribution in [0.5, 0.6) is 0 Å². The Morgan fingerprint density at radius 1 is 1.20 bits per heavy atom. The average Bonchev–Trinajstić information content (AvgIpc) is 2.30. The van der Waals surface area contributed by atoms with Crippen molar-refractivity contribution < 1.29 is 4.79 Å². The Morgan fingerprint density at radius 2 is 1.93 bits per heavy atom. The highest BCUT2D eigenvalue weighted by Crippen LogP contribution is 2.15. The van der Waals surface area contributed by atoms with Gasteiger partial charge in [0.2, 0.25) is 0 Å². The molecule has 1 aromatic carbocycles. The standard InChI is InChI=1S/C13H10OS/c14-13(10-6-2-1-3-7-10)11-8-4-5-9-12(11)15/h1-8H,9H2. The van der Waals surface area contributed by atoms with Gasteiger partial charge in [-0.05, 0) is 0 Å². The van der Waals surface area contributed by atoms with E-state index in [1.165, 1.54) is 0 Å². The van der Waals surface area contributed by atoms with Crippen molar-refractivity contribution in [3.8, 4) is 0 Å². The highest BCUT2D eigenvalue weighted by molar-refractivity contribution is 7.81. The number of carbonyl (C=O) groups excluding carboxylic acids is 1. The first kappa shape index (κ1) is 9.99. The number of rotatable bonds is 2. The van der Waals surface area contributed by atoms with E-state index >= 15 is 0 Å². The predicted octanol–water partition coefficient (Wildman–Crippen LogP) is 3.13. The normalized spacial score (nSPS) is 14.9. The zero-order chi connectivity index (χ0) is 10.7. The van der Waals surface area contributed by atoms with Crippen LogP contribution < -0.4 is 0 Å². The van der Waals surface area contributed by atoms with Crippen LogP contribution in [0, 0.1) is 0 Å². The van der Waals surface area contributed by atoms with E-state index < -0.39 is 0 Å². The first-order valence-corrected chi connectivity index (χ1v) is 5.19. The Balaban J connectivity index is 2.33. The number of Topliss-reactive ketones (excluding diaryl/α,β-unsaturated/α-hetero) is 1. The number of benzene rings is 1. The molecular weight excluding hydrogens is 204 g/mol. The zero-order valence-corrected chi connectivity index (χ0v) is 8.96.